The maximum Gasteiger partial charge on any atom is 0.153 e. The molecule has 0 radical (unpaired) electrons. The maximum atomic E-state index is 6.14. The Hall–Kier alpha value is -2.59. The van der Waals surface area contributed by atoms with Gasteiger partial charge in [-0.05, 0) is 48.9 Å². The fraction of sp³-hybridized carbons (Fsp3) is 0.136. The van der Waals surface area contributed by atoms with Gasteiger partial charge in [0.15, 0.2) is 11.9 Å². The van der Waals surface area contributed by atoms with Gasteiger partial charge in [0.25, 0.3) is 0 Å². The van der Waals surface area contributed by atoms with Crippen LogP contribution in [0.25, 0.3) is 11.0 Å². The van der Waals surface area contributed by atoms with E-state index in [4.69, 9.17) is 9.72 Å². The first-order chi connectivity index (χ1) is 12.7. The van der Waals surface area contributed by atoms with Crippen LogP contribution in [0.5, 0.6) is 5.75 Å². The van der Waals surface area contributed by atoms with E-state index in [-0.39, 0.29) is 6.10 Å². The second kappa shape index (κ2) is 7.34. The number of hydrogen-bond acceptors (Lipinski definition) is 2. The summed E-state index contributed by atoms with van der Waals surface area (Å²) in [6, 6.07) is 26.5. The van der Waals surface area contributed by atoms with Gasteiger partial charge in [-0.15, -0.1) is 0 Å². The van der Waals surface area contributed by atoms with E-state index < -0.39 is 0 Å². The molecule has 0 saturated heterocycles. The zero-order chi connectivity index (χ0) is 17.9. The van der Waals surface area contributed by atoms with E-state index in [1.165, 1.54) is 5.56 Å². The van der Waals surface area contributed by atoms with Crippen LogP contribution in [0.15, 0.2) is 83.3 Å². The molecule has 3 nitrogen and oxygen atoms in total. The smallest absolute Gasteiger partial charge is 0.153 e. The van der Waals surface area contributed by atoms with Gasteiger partial charge in [0.05, 0.1) is 11.0 Å². The van der Waals surface area contributed by atoms with Gasteiger partial charge in [0.1, 0.15) is 5.75 Å². The second-order valence-electron chi connectivity index (χ2n) is 6.25. The van der Waals surface area contributed by atoms with Crippen molar-refractivity contribution in [2.75, 3.05) is 0 Å². The number of hydrogen-bond donors (Lipinski definition) is 0. The van der Waals surface area contributed by atoms with Crippen LogP contribution in [-0.4, -0.2) is 9.55 Å². The van der Waals surface area contributed by atoms with E-state index in [0.29, 0.717) is 0 Å². The fourth-order valence-electron chi connectivity index (χ4n) is 3.14. The van der Waals surface area contributed by atoms with Crippen molar-refractivity contribution < 1.29 is 4.74 Å². The summed E-state index contributed by atoms with van der Waals surface area (Å²) in [5.74, 6) is 1.77. The van der Waals surface area contributed by atoms with Crippen LogP contribution < -0.4 is 4.74 Å². The summed E-state index contributed by atoms with van der Waals surface area (Å²) < 4.78 is 9.46. The molecule has 0 aliphatic rings. The Bertz CT molecular complexity index is 1030. The van der Waals surface area contributed by atoms with Gasteiger partial charge in [0.2, 0.25) is 0 Å². The molecule has 0 spiro atoms. The second-order valence-corrected chi connectivity index (χ2v) is 7.16. The molecule has 0 saturated carbocycles. The topological polar surface area (TPSA) is 27.1 Å². The number of rotatable bonds is 5. The SMILES string of the molecule is CC(Oc1ccccc1)c1nc2ccccc2n1Cc1cccc(Br)c1. The first-order valence-corrected chi connectivity index (χ1v) is 9.41. The molecule has 4 rings (SSSR count). The van der Waals surface area contributed by atoms with Crippen LogP contribution in [0.3, 0.4) is 0 Å². The molecular formula is C22H19BrN2O. The van der Waals surface area contributed by atoms with Crippen LogP contribution in [0.1, 0.15) is 24.4 Å². The number of benzene rings is 3. The number of halogens is 1. The predicted octanol–water partition coefficient (Wildman–Crippen LogP) is 5.99. The van der Waals surface area contributed by atoms with E-state index in [0.717, 1.165) is 33.6 Å². The summed E-state index contributed by atoms with van der Waals surface area (Å²) >= 11 is 3.56. The number of nitrogens with zero attached hydrogens (tertiary/aromatic N) is 2. The average molecular weight is 407 g/mol. The third-order valence-electron chi connectivity index (χ3n) is 4.33. The quantitative estimate of drug-likeness (QED) is 0.407. The molecule has 0 bridgehead atoms. The molecule has 0 aliphatic heterocycles. The molecule has 1 heterocycles. The minimum absolute atomic E-state index is 0.156. The van der Waals surface area contributed by atoms with E-state index in [9.17, 15) is 0 Å². The van der Waals surface area contributed by atoms with Gasteiger partial charge >= 0.3 is 0 Å². The molecule has 4 heteroatoms. The van der Waals surface area contributed by atoms with E-state index >= 15 is 0 Å². The van der Waals surface area contributed by atoms with Crippen molar-refractivity contribution in [2.45, 2.75) is 19.6 Å². The largest absolute Gasteiger partial charge is 0.483 e. The Kier molecular flexibility index (Phi) is 4.76. The van der Waals surface area contributed by atoms with Gasteiger partial charge in [-0.3, -0.25) is 0 Å². The number of imidazole rings is 1. The number of ether oxygens (including phenoxy) is 1. The van der Waals surface area contributed by atoms with Crippen LogP contribution >= 0.6 is 15.9 Å². The molecule has 4 aromatic rings. The molecule has 1 atom stereocenters. The van der Waals surface area contributed by atoms with Crippen molar-refractivity contribution in [3.8, 4) is 5.75 Å². The summed E-state index contributed by atoms with van der Waals surface area (Å²) in [5.41, 5.74) is 3.32. The monoisotopic (exact) mass is 406 g/mol. The van der Waals surface area contributed by atoms with Crippen LogP contribution in [-0.2, 0) is 6.54 Å². The van der Waals surface area contributed by atoms with Gasteiger partial charge < -0.3 is 9.30 Å². The molecule has 0 N–H and O–H groups in total. The molecular weight excluding hydrogens is 388 g/mol. The van der Waals surface area contributed by atoms with E-state index in [1.807, 2.05) is 61.5 Å². The Morgan fingerprint density at radius 2 is 1.73 bits per heavy atom. The lowest BCUT2D eigenvalue weighted by molar-refractivity contribution is 0.212. The first-order valence-electron chi connectivity index (χ1n) is 8.62. The van der Waals surface area contributed by atoms with Crippen molar-refractivity contribution in [1.82, 2.24) is 9.55 Å². The Morgan fingerprint density at radius 1 is 0.962 bits per heavy atom. The minimum Gasteiger partial charge on any atom is -0.483 e. The number of fused-ring (bicyclic) bond motifs is 1. The summed E-state index contributed by atoms with van der Waals surface area (Å²) in [5, 5.41) is 0. The van der Waals surface area contributed by atoms with Crippen molar-refractivity contribution in [1.29, 1.82) is 0 Å². The highest BCUT2D eigenvalue weighted by molar-refractivity contribution is 9.10. The van der Waals surface area contributed by atoms with Crippen LogP contribution in [0.2, 0.25) is 0 Å². The summed E-state index contributed by atoms with van der Waals surface area (Å²) in [7, 11) is 0. The Balaban J connectivity index is 1.73. The summed E-state index contributed by atoms with van der Waals surface area (Å²) in [6.45, 7) is 2.80. The lowest BCUT2D eigenvalue weighted by Crippen LogP contribution is -2.12. The van der Waals surface area contributed by atoms with Gasteiger partial charge in [-0.1, -0.05) is 58.4 Å². The average Bonchev–Trinajstić information content (AvgIpc) is 3.01. The molecule has 1 aromatic heterocycles. The highest BCUT2D eigenvalue weighted by atomic mass is 79.9. The van der Waals surface area contributed by atoms with Gasteiger partial charge in [0, 0.05) is 11.0 Å². The molecule has 0 aliphatic carbocycles. The third-order valence-corrected chi connectivity index (χ3v) is 4.83. The Morgan fingerprint density at radius 3 is 2.54 bits per heavy atom. The van der Waals surface area contributed by atoms with Gasteiger partial charge in [-0.25, -0.2) is 4.98 Å². The highest BCUT2D eigenvalue weighted by Gasteiger charge is 2.18. The van der Waals surface area contributed by atoms with Crippen molar-refractivity contribution in [2.24, 2.45) is 0 Å². The maximum absolute atomic E-state index is 6.14. The zero-order valence-electron chi connectivity index (χ0n) is 14.5. The van der Waals surface area contributed by atoms with E-state index in [2.05, 4.69) is 44.8 Å². The summed E-state index contributed by atoms with van der Waals surface area (Å²) in [6.07, 6.45) is -0.156. The summed E-state index contributed by atoms with van der Waals surface area (Å²) in [4.78, 5) is 4.85. The lowest BCUT2D eigenvalue weighted by atomic mass is 10.2. The van der Waals surface area contributed by atoms with Crippen LogP contribution in [0, 0.1) is 0 Å². The third kappa shape index (κ3) is 3.51. The Labute approximate surface area is 161 Å². The van der Waals surface area contributed by atoms with Gasteiger partial charge in [-0.2, -0.15) is 0 Å². The predicted molar refractivity (Wildman–Crippen MR) is 108 cm³/mol. The molecule has 26 heavy (non-hydrogen) atoms. The zero-order valence-corrected chi connectivity index (χ0v) is 16.1. The molecule has 0 fully saturated rings. The minimum atomic E-state index is -0.156. The van der Waals surface area contributed by atoms with Crippen molar-refractivity contribution in [3.05, 3.63) is 94.7 Å². The standard InChI is InChI=1S/C22H19BrN2O/c1-16(26-19-10-3-2-4-11-19)22-24-20-12-5-6-13-21(20)25(22)15-17-8-7-9-18(23)14-17/h2-14,16H,15H2,1H3. The molecule has 0 amide bonds. The fourth-order valence-corrected chi connectivity index (χ4v) is 3.59. The molecule has 3 aromatic carbocycles. The number of aromatic nitrogens is 2. The van der Waals surface area contributed by atoms with Crippen molar-refractivity contribution in [3.63, 3.8) is 0 Å². The van der Waals surface area contributed by atoms with E-state index in [1.54, 1.807) is 0 Å². The normalized spacial score (nSPS) is 12.2. The first kappa shape index (κ1) is 16.9. The molecule has 130 valence electrons. The van der Waals surface area contributed by atoms with Crippen LogP contribution in [0.4, 0.5) is 0 Å². The van der Waals surface area contributed by atoms with Crippen molar-refractivity contribution >= 4 is 27.0 Å². The lowest BCUT2D eigenvalue weighted by Gasteiger charge is -2.17. The number of para-hydroxylation sites is 3. The molecule has 1 unspecified atom stereocenters. The highest BCUT2D eigenvalue weighted by Crippen LogP contribution is 2.26.